The molecule has 0 aliphatic carbocycles. The molecule has 116 valence electrons. The van der Waals surface area contributed by atoms with Gasteiger partial charge in [0.1, 0.15) is 17.0 Å². The van der Waals surface area contributed by atoms with E-state index in [0.717, 1.165) is 22.5 Å². The quantitative estimate of drug-likeness (QED) is 0.844. The molecule has 21 heavy (non-hydrogen) atoms. The third-order valence-electron chi connectivity index (χ3n) is 3.49. The lowest BCUT2D eigenvalue weighted by atomic mass is 9.94. The van der Waals surface area contributed by atoms with Gasteiger partial charge in [-0.25, -0.2) is 9.97 Å². The topological polar surface area (TPSA) is 67.3 Å². The Morgan fingerprint density at radius 1 is 1.43 bits per heavy atom. The van der Waals surface area contributed by atoms with Crippen LogP contribution in [0.25, 0.3) is 10.2 Å². The fraction of sp³-hybridized carbons (Fsp3) is 0.571. The van der Waals surface area contributed by atoms with Crippen molar-refractivity contribution in [1.29, 1.82) is 0 Å². The summed E-state index contributed by atoms with van der Waals surface area (Å²) >= 11 is 1.69. The Kier molecular flexibility index (Phi) is 5.03. The molecule has 7 heteroatoms. The van der Waals surface area contributed by atoms with Crippen LogP contribution in [0.5, 0.6) is 0 Å². The van der Waals surface area contributed by atoms with Crippen LogP contribution in [0, 0.1) is 0 Å². The lowest BCUT2D eigenvalue weighted by molar-refractivity contribution is -0.0379. The summed E-state index contributed by atoms with van der Waals surface area (Å²) in [5, 5.41) is 13.3. The summed E-state index contributed by atoms with van der Waals surface area (Å²) < 4.78 is 5.87. The Labute approximate surface area is 134 Å². The minimum Gasteiger partial charge on any atom is -0.396 e. The molecule has 0 atom stereocenters. The number of halogens is 1. The number of hydrogen-bond acceptors (Lipinski definition) is 6. The van der Waals surface area contributed by atoms with Crippen molar-refractivity contribution in [2.45, 2.75) is 38.9 Å². The van der Waals surface area contributed by atoms with Crippen LogP contribution in [0.15, 0.2) is 6.33 Å². The van der Waals surface area contributed by atoms with Gasteiger partial charge in [-0.2, -0.15) is 0 Å². The molecule has 2 aromatic heterocycles. The SMILES string of the molecule is CC1(C)Cc2c(sc3ncnc(NCCCO)c23)CO1.Cl. The second-order valence-corrected chi connectivity index (χ2v) is 6.72. The number of nitrogens with one attached hydrogen (secondary N) is 1. The third kappa shape index (κ3) is 3.29. The molecule has 0 saturated heterocycles. The van der Waals surface area contributed by atoms with Gasteiger partial charge >= 0.3 is 0 Å². The summed E-state index contributed by atoms with van der Waals surface area (Å²) in [5.41, 5.74) is 1.17. The summed E-state index contributed by atoms with van der Waals surface area (Å²) in [7, 11) is 0. The van der Waals surface area contributed by atoms with Crippen LogP contribution < -0.4 is 5.32 Å². The number of aliphatic hydroxyl groups excluding tert-OH is 1. The maximum Gasteiger partial charge on any atom is 0.138 e. The summed E-state index contributed by atoms with van der Waals surface area (Å²) in [4.78, 5) is 11.0. The lowest BCUT2D eigenvalue weighted by Gasteiger charge is -2.30. The largest absolute Gasteiger partial charge is 0.396 e. The number of hydrogen-bond donors (Lipinski definition) is 2. The summed E-state index contributed by atoms with van der Waals surface area (Å²) in [6, 6.07) is 0. The highest BCUT2D eigenvalue weighted by molar-refractivity contribution is 7.18. The van der Waals surface area contributed by atoms with E-state index in [1.165, 1.54) is 10.4 Å². The molecule has 1 aliphatic heterocycles. The molecule has 0 unspecified atom stereocenters. The molecule has 0 amide bonds. The van der Waals surface area contributed by atoms with Gasteiger partial charge in [0.2, 0.25) is 0 Å². The van der Waals surface area contributed by atoms with Gasteiger partial charge in [-0.15, -0.1) is 23.7 Å². The molecule has 0 fully saturated rings. The average Bonchev–Trinajstić information content (AvgIpc) is 2.76. The van der Waals surface area contributed by atoms with Crippen molar-refractivity contribution in [2.75, 3.05) is 18.5 Å². The molecule has 0 aromatic carbocycles. The zero-order valence-electron chi connectivity index (χ0n) is 12.2. The van der Waals surface area contributed by atoms with E-state index in [9.17, 15) is 0 Å². The first-order chi connectivity index (χ1) is 9.61. The van der Waals surface area contributed by atoms with Gasteiger partial charge in [0.05, 0.1) is 17.6 Å². The highest BCUT2D eigenvalue weighted by atomic mass is 35.5. The maximum atomic E-state index is 8.89. The van der Waals surface area contributed by atoms with Crippen LogP contribution in [0.4, 0.5) is 5.82 Å². The number of rotatable bonds is 4. The second-order valence-electron chi connectivity index (χ2n) is 5.64. The van der Waals surface area contributed by atoms with Crippen LogP contribution in [0.2, 0.25) is 0 Å². The minimum absolute atomic E-state index is 0. The number of fused-ring (bicyclic) bond motifs is 3. The normalized spacial score (nSPS) is 16.3. The van der Waals surface area contributed by atoms with Crippen molar-refractivity contribution in [3.8, 4) is 0 Å². The second kappa shape index (κ2) is 6.44. The predicted molar refractivity (Wildman–Crippen MR) is 87.4 cm³/mol. The molecule has 0 radical (unpaired) electrons. The van der Waals surface area contributed by atoms with E-state index in [4.69, 9.17) is 9.84 Å². The van der Waals surface area contributed by atoms with E-state index < -0.39 is 0 Å². The Bertz CT molecular complexity index is 630. The van der Waals surface area contributed by atoms with Crippen molar-refractivity contribution in [2.24, 2.45) is 0 Å². The highest BCUT2D eigenvalue weighted by Crippen LogP contribution is 2.40. The van der Waals surface area contributed by atoms with E-state index in [-0.39, 0.29) is 24.6 Å². The monoisotopic (exact) mass is 329 g/mol. The fourth-order valence-corrected chi connectivity index (χ4v) is 3.57. The molecule has 0 saturated carbocycles. The average molecular weight is 330 g/mol. The minimum atomic E-state index is -0.140. The molecule has 0 spiro atoms. The lowest BCUT2D eigenvalue weighted by Crippen LogP contribution is -2.31. The molecule has 2 N–H and O–H groups in total. The first-order valence-corrected chi connectivity index (χ1v) is 7.66. The van der Waals surface area contributed by atoms with Crippen LogP contribution >= 0.6 is 23.7 Å². The van der Waals surface area contributed by atoms with Crippen molar-refractivity contribution >= 4 is 39.8 Å². The Morgan fingerprint density at radius 3 is 3.00 bits per heavy atom. The molecule has 3 rings (SSSR count). The number of aliphatic hydroxyl groups is 1. The Balaban J connectivity index is 0.00000161. The molecule has 3 heterocycles. The molecule has 1 aliphatic rings. The smallest absolute Gasteiger partial charge is 0.138 e. The highest BCUT2D eigenvalue weighted by Gasteiger charge is 2.30. The van der Waals surface area contributed by atoms with Crippen molar-refractivity contribution in [3.05, 3.63) is 16.8 Å². The van der Waals surface area contributed by atoms with E-state index in [0.29, 0.717) is 19.6 Å². The van der Waals surface area contributed by atoms with Crippen LogP contribution in [-0.2, 0) is 17.8 Å². The summed E-state index contributed by atoms with van der Waals surface area (Å²) in [6.45, 7) is 5.78. The van der Waals surface area contributed by atoms with Gasteiger partial charge < -0.3 is 15.2 Å². The van der Waals surface area contributed by atoms with Gasteiger partial charge in [0.25, 0.3) is 0 Å². The van der Waals surface area contributed by atoms with E-state index >= 15 is 0 Å². The van der Waals surface area contributed by atoms with Crippen molar-refractivity contribution in [1.82, 2.24) is 9.97 Å². The van der Waals surface area contributed by atoms with Crippen molar-refractivity contribution in [3.63, 3.8) is 0 Å². The number of aromatic nitrogens is 2. The predicted octanol–water partition coefficient (Wildman–Crippen LogP) is 2.76. The van der Waals surface area contributed by atoms with Crippen LogP contribution in [-0.4, -0.2) is 33.8 Å². The van der Waals surface area contributed by atoms with Gasteiger partial charge in [-0.3, -0.25) is 0 Å². The molecule has 2 aromatic rings. The van der Waals surface area contributed by atoms with E-state index in [1.54, 1.807) is 17.7 Å². The standard InChI is InChI=1S/C14H19N3O2S.ClH/c1-14(2)6-9-10(7-19-14)20-13-11(9)12(16-8-17-13)15-4-3-5-18;/h8,18H,3-7H2,1-2H3,(H,15,16,17);1H. The zero-order chi connectivity index (χ0) is 14.2. The van der Waals surface area contributed by atoms with E-state index in [1.807, 2.05) is 0 Å². The Hall–Kier alpha value is -0.950. The van der Waals surface area contributed by atoms with Gasteiger partial charge in [0.15, 0.2) is 0 Å². The number of nitrogens with zero attached hydrogens (tertiary/aromatic N) is 2. The van der Waals surface area contributed by atoms with Gasteiger partial charge in [0, 0.05) is 24.4 Å². The number of thiophene rings is 1. The molecule has 5 nitrogen and oxygen atoms in total. The molecular formula is C14H20ClN3O2S. The van der Waals surface area contributed by atoms with Gasteiger partial charge in [-0.05, 0) is 25.8 Å². The fourth-order valence-electron chi connectivity index (χ4n) is 2.50. The maximum absolute atomic E-state index is 8.89. The molecule has 0 bridgehead atoms. The Morgan fingerprint density at radius 2 is 2.24 bits per heavy atom. The van der Waals surface area contributed by atoms with Gasteiger partial charge in [-0.1, -0.05) is 0 Å². The third-order valence-corrected chi connectivity index (χ3v) is 4.61. The number of ether oxygens (including phenoxy) is 1. The summed E-state index contributed by atoms with van der Waals surface area (Å²) in [5.74, 6) is 0.874. The number of anilines is 1. The van der Waals surface area contributed by atoms with E-state index in [2.05, 4.69) is 29.1 Å². The van der Waals surface area contributed by atoms with Crippen molar-refractivity contribution < 1.29 is 9.84 Å². The first kappa shape index (κ1) is 16.4. The van der Waals surface area contributed by atoms with Crippen LogP contribution in [0.1, 0.15) is 30.7 Å². The molecular weight excluding hydrogens is 310 g/mol. The first-order valence-electron chi connectivity index (χ1n) is 6.85. The van der Waals surface area contributed by atoms with Crippen LogP contribution in [0.3, 0.4) is 0 Å². The zero-order valence-corrected chi connectivity index (χ0v) is 13.8. The summed E-state index contributed by atoms with van der Waals surface area (Å²) in [6.07, 6.45) is 3.19.